The monoisotopic (exact) mass is 797 g/mol. The highest BCUT2D eigenvalue weighted by Crippen LogP contribution is 2.45. The smallest absolute Gasteiger partial charge is 0.308 e. The Balaban J connectivity index is 1.38. The van der Waals surface area contributed by atoms with E-state index in [1.165, 1.54) is 12.1 Å². The first-order valence-electron chi connectivity index (χ1n) is 19.0. The van der Waals surface area contributed by atoms with Crippen molar-refractivity contribution in [1.29, 1.82) is 5.26 Å². The van der Waals surface area contributed by atoms with Crippen molar-refractivity contribution >= 4 is 43.6 Å². The molecular weight excluding hydrogens is 769 g/mol. The fourth-order valence-corrected chi connectivity index (χ4v) is 8.64. The minimum atomic E-state index is -5.07. The molecular formula is C51H29F6N3. The molecule has 8 aromatic carbocycles. The normalized spacial score (nSPS) is 12.2. The number of hydrogen-bond acceptors (Lipinski definition) is 1. The molecule has 10 aromatic rings. The molecule has 0 spiro atoms. The molecule has 3 nitrogen and oxygen atoms in total. The van der Waals surface area contributed by atoms with Crippen LogP contribution in [0.4, 0.5) is 26.3 Å². The SMILES string of the molecule is N#Cc1c(-n2c3ccccc3c3c(-c4ccccc4)cccc32)cc(-c2cc(C(F)(F)F)cc(C(F)(F)F)c2)cc1-n1c2ccccc2c2c(-c3ccccc3)cccc21. The highest BCUT2D eigenvalue weighted by Gasteiger charge is 2.37. The van der Waals surface area contributed by atoms with Gasteiger partial charge >= 0.3 is 12.4 Å². The molecule has 0 aliphatic rings. The Morgan fingerprint density at radius 3 is 1.18 bits per heavy atom. The summed E-state index contributed by atoms with van der Waals surface area (Å²) < 4.78 is 90.2. The number of nitriles is 1. The first-order valence-corrected chi connectivity index (χ1v) is 19.0. The Kier molecular flexibility index (Phi) is 8.44. The fourth-order valence-electron chi connectivity index (χ4n) is 8.64. The van der Waals surface area contributed by atoms with E-state index in [9.17, 15) is 31.6 Å². The molecule has 0 bridgehead atoms. The van der Waals surface area contributed by atoms with Crippen LogP contribution in [0.3, 0.4) is 0 Å². The van der Waals surface area contributed by atoms with Crippen LogP contribution in [-0.4, -0.2) is 9.13 Å². The molecule has 9 heteroatoms. The number of fused-ring (bicyclic) bond motifs is 6. The molecule has 0 atom stereocenters. The van der Waals surface area contributed by atoms with E-state index in [-0.39, 0.29) is 34.1 Å². The number of benzene rings is 8. The molecule has 10 rings (SSSR count). The van der Waals surface area contributed by atoms with Crippen LogP contribution in [0.5, 0.6) is 0 Å². The lowest BCUT2D eigenvalue weighted by Crippen LogP contribution is -2.11. The molecule has 60 heavy (non-hydrogen) atoms. The summed E-state index contributed by atoms with van der Waals surface area (Å²) in [7, 11) is 0. The van der Waals surface area contributed by atoms with Crippen molar-refractivity contribution in [2.45, 2.75) is 12.4 Å². The minimum Gasteiger partial charge on any atom is -0.308 e. The maximum absolute atomic E-state index is 14.4. The quantitative estimate of drug-likeness (QED) is 0.160. The summed E-state index contributed by atoms with van der Waals surface area (Å²) >= 11 is 0. The third kappa shape index (κ3) is 5.91. The molecule has 290 valence electrons. The van der Waals surface area contributed by atoms with Crippen molar-refractivity contribution < 1.29 is 26.3 Å². The van der Waals surface area contributed by atoms with Gasteiger partial charge in [-0.3, -0.25) is 0 Å². The predicted molar refractivity (Wildman–Crippen MR) is 226 cm³/mol. The molecule has 0 N–H and O–H groups in total. The third-order valence-corrected chi connectivity index (χ3v) is 11.2. The van der Waals surface area contributed by atoms with Crippen LogP contribution in [-0.2, 0) is 12.4 Å². The summed E-state index contributed by atoms with van der Waals surface area (Å²) in [5.41, 5.74) is 4.16. The third-order valence-electron chi connectivity index (χ3n) is 11.2. The number of halogens is 6. The lowest BCUT2D eigenvalue weighted by atomic mass is 9.96. The van der Waals surface area contributed by atoms with Crippen LogP contribution in [0, 0.1) is 11.3 Å². The van der Waals surface area contributed by atoms with Gasteiger partial charge < -0.3 is 9.13 Å². The van der Waals surface area contributed by atoms with Crippen LogP contribution in [0.25, 0.3) is 88.4 Å². The van der Waals surface area contributed by atoms with Crippen LogP contribution >= 0.6 is 0 Å². The van der Waals surface area contributed by atoms with Gasteiger partial charge in [0.25, 0.3) is 0 Å². The van der Waals surface area contributed by atoms with E-state index in [1.807, 2.05) is 155 Å². The Morgan fingerprint density at radius 2 is 0.767 bits per heavy atom. The molecule has 0 aliphatic heterocycles. The van der Waals surface area contributed by atoms with Crippen molar-refractivity contribution in [3.8, 4) is 50.8 Å². The summed E-state index contributed by atoms with van der Waals surface area (Å²) in [6.07, 6.45) is -10.1. The van der Waals surface area contributed by atoms with Gasteiger partial charge in [-0.05, 0) is 88.0 Å². The number of alkyl halides is 6. The average Bonchev–Trinajstić information content (AvgIpc) is 3.79. The molecule has 0 saturated heterocycles. The molecule has 2 aromatic heterocycles. The summed E-state index contributed by atoms with van der Waals surface area (Å²) in [6, 6.07) is 53.6. The van der Waals surface area contributed by atoms with Crippen molar-refractivity contribution in [1.82, 2.24) is 9.13 Å². The van der Waals surface area contributed by atoms with Gasteiger partial charge in [0, 0.05) is 21.5 Å². The van der Waals surface area contributed by atoms with Gasteiger partial charge in [0.1, 0.15) is 11.6 Å². The van der Waals surface area contributed by atoms with Crippen molar-refractivity contribution in [3.63, 3.8) is 0 Å². The van der Waals surface area contributed by atoms with Crippen LogP contribution in [0.2, 0.25) is 0 Å². The number of nitrogens with zero attached hydrogens (tertiary/aromatic N) is 3. The van der Waals surface area contributed by atoms with Crippen LogP contribution < -0.4 is 0 Å². The zero-order valence-corrected chi connectivity index (χ0v) is 31.4. The second kappa shape index (κ2) is 13.8. The van der Waals surface area contributed by atoms with Crippen molar-refractivity contribution in [3.05, 3.63) is 193 Å². The highest BCUT2D eigenvalue weighted by atomic mass is 19.4. The summed E-state index contributed by atoms with van der Waals surface area (Å²) in [5, 5.41) is 14.8. The highest BCUT2D eigenvalue weighted by molar-refractivity contribution is 6.17. The van der Waals surface area contributed by atoms with E-state index in [1.54, 1.807) is 0 Å². The summed E-state index contributed by atoms with van der Waals surface area (Å²) in [6.45, 7) is 0. The van der Waals surface area contributed by atoms with Gasteiger partial charge in [0.2, 0.25) is 0 Å². The number of para-hydroxylation sites is 2. The molecule has 0 radical (unpaired) electrons. The number of hydrogen-bond donors (Lipinski definition) is 0. The summed E-state index contributed by atoms with van der Waals surface area (Å²) in [5.74, 6) is 0. The molecule has 0 amide bonds. The average molecular weight is 798 g/mol. The summed E-state index contributed by atoms with van der Waals surface area (Å²) in [4.78, 5) is 0. The van der Waals surface area contributed by atoms with Crippen molar-refractivity contribution in [2.75, 3.05) is 0 Å². The zero-order valence-electron chi connectivity index (χ0n) is 31.4. The maximum Gasteiger partial charge on any atom is 0.416 e. The van der Waals surface area contributed by atoms with E-state index in [4.69, 9.17) is 0 Å². The van der Waals surface area contributed by atoms with Gasteiger partial charge in [-0.1, -0.05) is 121 Å². The van der Waals surface area contributed by atoms with Gasteiger partial charge in [0.05, 0.1) is 44.6 Å². The standard InChI is InChI=1S/C51H29F6N3/c52-50(53,54)35-25-33(26-36(29-35)51(55,56)57)34-27-46(59-42-21-9-7-17-39(42)48-37(19-11-23-44(48)59)31-13-3-1-4-14-31)41(30-58)47(28-34)60-43-22-10-8-18-40(43)49-38(20-12-24-45(49)60)32-15-5-2-6-16-32/h1-29H. The first kappa shape index (κ1) is 36.7. The second-order valence-corrected chi connectivity index (χ2v) is 14.6. The zero-order chi connectivity index (χ0) is 41.3. The Labute approximate surface area is 339 Å². The van der Waals surface area contributed by atoms with Crippen LogP contribution in [0.1, 0.15) is 16.7 Å². The molecule has 0 saturated carbocycles. The Morgan fingerprint density at radius 1 is 0.383 bits per heavy atom. The van der Waals surface area contributed by atoms with E-state index in [2.05, 4.69) is 6.07 Å². The minimum absolute atomic E-state index is 0.0610. The van der Waals surface area contributed by atoms with E-state index < -0.39 is 23.5 Å². The molecule has 0 fully saturated rings. The van der Waals surface area contributed by atoms with Crippen molar-refractivity contribution in [2.24, 2.45) is 0 Å². The van der Waals surface area contributed by atoms with Crippen LogP contribution in [0.15, 0.2) is 176 Å². The fraction of sp³-hybridized carbons (Fsp3) is 0.0392. The second-order valence-electron chi connectivity index (χ2n) is 14.6. The Bertz CT molecular complexity index is 3140. The van der Waals surface area contributed by atoms with Gasteiger partial charge in [-0.25, -0.2) is 0 Å². The predicted octanol–water partition coefficient (Wildman–Crippen LogP) is 14.8. The molecule has 0 aliphatic carbocycles. The van der Waals surface area contributed by atoms with E-state index >= 15 is 0 Å². The van der Waals surface area contributed by atoms with E-state index in [0.29, 0.717) is 22.1 Å². The van der Waals surface area contributed by atoms with E-state index in [0.717, 1.165) is 55.9 Å². The lowest BCUT2D eigenvalue weighted by molar-refractivity contribution is -0.143. The number of rotatable bonds is 5. The largest absolute Gasteiger partial charge is 0.416 e. The Hall–Kier alpha value is -7.57. The lowest BCUT2D eigenvalue weighted by Gasteiger charge is -2.20. The molecule has 0 unspecified atom stereocenters. The molecule has 2 heterocycles. The van der Waals surface area contributed by atoms with Gasteiger partial charge in [0.15, 0.2) is 0 Å². The maximum atomic E-state index is 14.4. The topological polar surface area (TPSA) is 33.6 Å². The van der Waals surface area contributed by atoms with Gasteiger partial charge in [-0.15, -0.1) is 0 Å². The van der Waals surface area contributed by atoms with Gasteiger partial charge in [-0.2, -0.15) is 31.6 Å². The number of aromatic nitrogens is 2. The first-order chi connectivity index (χ1) is 29.0.